The van der Waals surface area contributed by atoms with Gasteiger partial charge in [-0.1, -0.05) is 18.2 Å². The summed E-state index contributed by atoms with van der Waals surface area (Å²) in [4.78, 5) is 21.2. The van der Waals surface area contributed by atoms with Crippen LogP contribution in [0.5, 0.6) is 0 Å². The number of hydrogen-bond donors (Lipinski definition) is 1. The van der Waals surface area contributed by atoms with Gasteiger partial charge in [0.25, 0.3) is 0 Å². The normalized spacial score (nSPS) is 24.7. The van der Waals surface area contributed by atoms with Gasteiger partial charge in [-0.05, 0) is 30.5 Å². The first-order chi connectivity index (χ1) is 13.5. The molecule has 0 aliphatic carbocycles. The monoisotopic (exact) mass is 417 g/mol. The van der Waals surface area contributed by atoms with E-state index < -0.39 is 20.1 Å². The van der Waals surface area contributed by atoms with Gasteiger partial charge in [0, 0.05) is 13.3 Å². The highest BCUT2D eigenvalue weighted by Gasteiger charge is 2.52. The number of ether oxygens (including phenoxy) is 1. The molecule has 2 aliphatic rings. The summed E-state index contributed by atoms with van der Waals surface area (Å²) in [7, 11) is -3.56. The Balaban J connectivity index is 1.75. The van der Waals surface area contributed by atoms with E-state index in [2.05, 4.69) is 9.98 Å². The molecule has 29 heavy (non-hydrogen) atoms. The summed E-state index contributed by atoms with van der Waals surface area (Å²) >= 11 is 0. The number of aromatic nitrogens is 1. The summed E-state index contributed by atoms with van der Waals surface area (Å²) in [5.74, 6) is 0.124. The molecule has 8 nitrogen and oxygen atoms in total. The third-order valence-corrected chi connectivity index (χ3v) is 8.32. The molecule has 2 N–H and O–H groups in total. The number of amidine groups is 1. The fourth-order valence-corrected chi connectivity index (χ4v) is 5.39. The van der Waals surface area contributed by atoms with Crippen molar-refractivity contribution < 1.29 is 22.4 Å². The van der Waals surface area contributed by atoms with Gasteiger partial charge < -0.3 is 14.9 Å². The summed E-state index contributed by atoms with van der Waals surface area (Å²) in [5, 5.41) is 0. The van der Waals surface area contributed by atoms with Crippen LogP contribution in [0.25, 0.3) is 0 Å². The molecule has 1 aromatic heterocycles. The number of carbonyl (C=O) groups is 1. The number of rotatable bonds is 3. The van der Waals surface area contributed by atoms with Gasteiger partial charge in [-0.2, -0.15) is 0 Å². The van der Waals surface area contributed by atoms with Crippen LogP contribution >= 0.6 is 0 Å². The molecule has 154 valence electrons. The Kier molecular flexibility index (Phi) is 4.43. The predicted octanol–water partition coefficient (Wildman–Crippen LogP) is 1.70. The van der Waals surface area contributed by atoms with Crippen LogP contribution in [0.2, 0.25) is 0 Å². The Bertz CT molecular complexity index is 1130. The van der Waals surface area contributed by atoms with E-state index in [1.807, 2.05) is 18.2 Å². The summed E-state index contributed by atoms with van der Waals surface area (Å²) in [6, 6.07) is 5.53. The van der Waals surface area contributed by atoms with Crippen molar-refractivity contribution >= 4 is 21.5 Å². The average Bonchev–Trinajstić information content (AvgIpc) is 3.07. The molecule has 1 spiro atoms. The first kappa shape index (κ1) is 19.8. The second kappa shape index (κ2) is 6.50. The number of oxazole rings is 1. The van der Waals surface area contributed by atoms with Crippen molar-refractivity contribution in [3.63, 3.8) is 0 Å². The van der Waals surface area contributed by atoms with E-state index in [0.717, 1.165) is 16.7 Å². The zero-order valence-electron chi connectivity index (χ0n) is 16.6. The standard InChI is InChI=1S/C20H23N3O5S/c1-12-22-16(9-28-12)17(24)7-13-4-5-14-8-27-10-20(15(14)6-13)11-29(25,26)19(2,3)18(21)23-20/h4-6,9H,7-8,10-11H2,1-3H3,(H2,21,23)/t20-/m0/s1. The Labute approximate surface area is 169 Å². The highest BCUT2D eigenvalue weighted by Crippen LogP contribution is 2.41. The molecule has 2 aromatic rings. The molecule has 0 bridgehead atoms. The number of aliphatic imine (C=N–C) groups is 1. The molecule has 0 saturated carbocycles. The number of aryl methyl sites for hydroxylation is 1. The predicted molar refractivity (Wildman–Crippen MR) is 107 cm³/mol. The molecular formula is C20H23N3O5S. The van der Waals surface area contributed by atoms with Gasteiger partial charge in [-0.25, -0.2) is 13.4 Å². The SMILES string of the molecule is Cc1nc(C(=O)Cc2ccc3c(c2)[C@]2(COC3)CS(=O)(=O)C(C)(C)C(N)=N2)co1. The van der Waals surface area contributed by atoms with E-state index in [0.29, 0.717) is 12.5 Å². The minimum atomic E-state index is -3.56. The maximum absolute atomic E-state index is 13.0. The first-order valence-electron chi connectivity index (χ1n) is 9.28. The van der Waals surface area contributed by atoms with Gasteiger partial charge in [-0.15, -0.1) is 0 Å². The number of nitrogens with zero attached hydrogens (tertiary/aromatic N) is 2. The average molecular weight is 417 g/mol. The lowest BCUT2D eigenvalue weighted by molar-refractivity contribution is 0.0609. The van der Waals surface area contributed by atoms with E-state index in [1.165, 1.54) is 6.26 Å². The molecule has 0 unspecified atom stereocenters. The Morgan fingerprint density at radius 3 is 2.72 bits per heavy atom. The largest absolute Gasteiger partial charge is 0.449 e. The second-order valence-electron chi connectivity index (χ2n) is 8.13. The number of nitrogens with two attached hydrogens (primary N) is 1. The summed E-state index contributed by atoms with van der Waals surface area (Å²) in [6.45, 7) is 5.27. The zero-order chi connectivity index (χ0) is 21.0. The lowest BCUT2D eigenvalue weighted by Crippen LogP contribution is -2.57. The number of carbonyl (C=O) groups excluding carboxylic acids is 1. The molecule has 1 aromatic carbocycles. The number of fused-ring (bicyclic) bond motifs is 2. The van der Waals surface area contributed by atoms with Gasteiger partial charge in [-0.3, -0.25) is 9.79 Å². The van der Waals surface area contributed by atoms with E-state index in [1.54, 1.807) is 20.8 Å². The lowest BCUT2D eigenvalue weighted by atomic mass is 9.85. The highest BCUT2D eigenvalue weighted by molar-refractivity contribution is 7.93. The fourth-order valence-electron chi connectivity index (χ4n) is 3.73. The topological polar surface area (TPSA) is 125 Å². The van der Waals surface area contributed by atoms with E-state index in [9.17, 15) is 13.2 Å². The number of benzene rings is 1. The van der Waals surface area contributed by atoms with E-state index in [4.69, 9.17) is 14.9 Å². The van der Waals surface area contributed by atoms with Crippen molar-refractivity contribution in [2.24, 2.45) is 10.7 Å². The van der Waals surface area contributed by atoms with Crippen LogP contribution in [-0.4, -0.2) is 42.1 Å². The molecule has 3 heterocycles. The maximum atomic E-state index is 13.0. The van der Waals surface area contributed by atoms with Crippen molar-refractivity contribution in [1.29, 1.82) is 0 Å². The molecule has 1 atom stereocenters. The van der Waals surface area contributed by atoms with Gasteiger partial charge in [0.1, 0.15) is 28.1 Å². The van der Waals surface area contributed by atoms with Gasteiger partial charge in [0.15, 0.2) is 21.5 Å². The number of sulfone groups is 1. The minimum absolute atomic E-state index is 0.0692. The van der Waals surface area contributed by atoms with Gasteiger partial charge >= 0.3 is 0 Å². The molecule has 0 radical (unpaired) electrons. The van der Waals surface area contributed by atoms with Crippen LogP contribution < -0.4 is 5.73 Å². The minimum Gasteiger partial charge on any atom is -0.449 e. The van der Waals surface area contributed by atoms with Crippen LogP contribution in [0, 0.1) is 6.92 Å². The smallest absolute Gasteiger partial charge is 0.191 e. The molecule has 0 saturated heterocycles. The Morgan fingerprint density at radius 1 is 1.31 bits per heavy atom. The van der Waals surface area contributed by atoms with Crippen molar-refractivity contribution in [3.05, 3.63) is 52.7 Å². The second-order valence-corrected chi connectivity index (χ2v) is 10.7. The van der Waals surface area contributed by atoms with E-state index >= 15 is 0 Å². The molecule has 2 aliphatic heterocycles. The zero-order valence-corrected chi connectivity index (χ0v) is 17.4. The molecular weight excluding hydrogens is 394 g/mol. The Morgan fingerprint density at radius 2 is 2.07 bits per heavy atom. The van der Waals surface area contributed by atoms with Gasteiger partial charge in [0.05, 0.1) is 19.0 Å². The highest BCUT2D eigenvalue weighted by atomic mass is 32.2. The van der Waals surface area contributed by atoms with Crippen LogP contribution in [-0.2, 0) is 33.1 Å². The van der Waals surface area contributed by atoms with Crippen LogP contribution in [0.4, 0.5) is 0 Å². The Hall–Kier alpha value is -2.52. The van der Waals surface area contributed by atoms with Crippen molar-refractivity contribution in [1.82, 2.24) is 4.98 Å². The third kappa shape index (κ3) is 3.18. The molecule has 0 fully saturated rings. The summed E-state index contributed by atoms with van der Waals surface area (Å²) in [6.07, 6.45) is 1.46. The third-order valence-electron chi connectivity index (χ3n) is 5.70. The van der Waals surface area contributed by atoms with Crippen LogP contribution in [0.15, 0.2) is 33.9 Å². The van der Waals surface area contributed by atoms with Crippen molar-refractivity contribution in [3.8, 4) is 0 Å². The van der Waals surface area contributed by atoms with Crippen LogP contribution in [0.3, 0.4) is 0 Å². The molecule has 0 amide bonds. The van der Waals surface area contributed by atoms with E-state index in [-0.39, 0.29) is 36.1 Å². The quantitative estimate of drug-likeness (QED) is 0.754. The molecule has 4 rings (SSSR count). The first-order valence-corrected chi connectivity index (χ1v) is 10.9. The van der Waals surface area contributed by atoms with Crippen molar-refractivity contribution in [2.45, 2.75) is 44.1 Å². The molecule has 9 heteroatoms. The number of hydrogen-bond acceptors (Lipinski definition) is 8. The number of Topliss-reactive ketones (excluding diaryl/α,β-unsaturated/α-hetero) is 1. The number of ketones is 1. The van der Waals surface area contributed by atoms with Crippen LogP contribution in [0.1, 0.15) is 46.9 Å². The maximum Gasteiger partial charge on any atom is 0.191 e. The lowest BCUT2D eigenvalue weighted by Gasteiger charge is -2.42. The van der Waals surface area contributed by atoms with Crippen molar-refractivity contribution in [2.75, 3.05) is 12.4 Å². The summed E-state index contributed by atoms with van der Waals surface area (Å²) < 4.78 is 35.5. The summed E-state index contributed by atoms with van der Waals surface area (Å²) in [5.41, 5.74) is 7.58. The fraction of sp³-hybridized carbons (Fsp3) is 0.450. The van der Waals surface area contributed by atoms with Gasteiger partial charge in [0.2, 0.25) is 0 Å².